The molecule has 3 rings (SSSR count). The molecule has 1 aromatic carbocycles. The molecule has 0 aromatic heterocycles. The third kappa shape index (κ3) is 4.22. The Balaban J connectivity index is 1.58. The van der Waals surface area contributed by atoms with Gasteiger partial charge in [0.2, 0.25) is 0 Å². The molecule has 1 heterocycles. The molecule has 2 unspecified atom stereocenters. The van der Waals surface area contributed by atoms with E-state index in [1.807, 2.05) is 0 Å². The van der Waals surface area contributed by atoms with Crippen molar-refractivity contribution in [2.24, 2.45) is 5.92 Å². The van der Waals surface area contributed by atoms with Crippen LogP contribution < -0.4 is 4.74 Å². The summed E-state index contributed by atoms with van der Waals surface area (Å²) >= 11 is 0. The van der Waals surface area contributed by atoms with Crippen LogP contribution in [0.2, 0.25) is 0 Å². The molecule has 2 fully saturated rings. The quantitative estimate of drug-likeness (QED) is 0.709. The molecule has 2 atom stereocenters. The summed E-state index contributed by atoms with van der Waals surface area (Å²) in [5.74, 6) is -0.603. The molecular formula is C17H23F2NO4. The number of halogens is 2. The maximum atomic E-state index is 14.1. The Kier molecular flexibility index (Phi) is 5.34. The van der Waals surface area contributed by atoms with Crippen LogP contribution >= 0.6 is 0 Å². The number of likely N-dealkylation sites (tertiary alicyclic amines) is 1. The van der Waals surface area contributed by atoms with E-state index in [0.29, 0.717) is 12.5 Å². The molecule has 7 heteroatoms. The molecule has 0 spiro atoms. The predicted octanol–water partition coefficient (Wildman–Crippen LogP) is 0.694. The summed E-state index contributed by atoms with van der Waals surface area (Å²) in [5.41, 5.74) is -0.0381. The normalized spacial score (nSPS) is 28.1. The van der Waals surface area contributed by atoms with Crippen LogP contribution in [0.5, 0.6) is 5.75 Å². The van der Waals surface area contributed by atoms with E-state index in [-0.39, 0.29) is 37.4 Å². The van der Waals surface area contributed by atoms with Crippen LogP contribution in [0.4, 0.5) is 8.78 Å². The first-order valence-corrected chi connectivity index (χ1v) is 8.31. The summed E-state index contributed by atoms with van der Waals surface area (Å²) in [5, 5.41) is 28.8. The van der Waals surface area contributed by atoms with Crippen molar-refractivity contribution in [2.45, 2.75) is 37.6 Å². The summed E-state index contributed by atoms with van der Waals surface area (Å²) in [6.07, 6.45) is -1.01. The van der Waals surface area contributed by atoms with Crippen LogP contribution in [0.15, 0.2) is 12.1 Å². The van der Waals surface area contributed by atoms with Crippen molar-refractivity contribution in [3.8, 4) is 5.75 Å². The SMILES string of the molecule is OC1CN(CCc2c(F)cc(OCC3CC3)cc2F)CC(O)C1O. The second-order valence-corrected chi connectivity index (χ2v) is 6.75. The van der Waals surface area contributed by atoms with E-state index in [2.05, 4.69) is 0 Å². The number of nitrogens with zero attached hydrogens (tertiary/aromatic N) is 1. The number of hydrogen-bond acceptors (Lipinski definition) is 5. The molecule has 3 N–H and O–H groups in total. The van der Waals surface area contributed by atoms with Crippen LogP contribution in [0.25, 0.3) is 0 Å². The van der Waals surface area contributed by atoms with E-state index >= 15 is 0 Å². The summed E-state index contributed by atoms with van der Waals surface area (Å²) < 4.78 is 33.7. The number of ether oxygens (including phenoxy) is 1. The van der Waals surface area contributed by atoms with Crippen molar-refractivity contribution in [1.29, 1.82) is 0 Å². The lowest BCUT2D eigenvalue weighted by Gasteiger charge is -2.36. The third-order valence-corrected chi connectivity index (χ3v) is 4.65. The average molecular weight is 343 g/mol. The lowest BCUT2D eigenvalue weighted by Crippen LogP contribution is -2.55. The van der Waals surface area contributed by atoms with Gasteiger partial charge in [-0.3, -0.25) is 4.90 Å². The number of aliphatic hydroxyl groups is 3. The van der Waals surface area contributed by atoms with Gasteiger partial charge in [0.1, 0.15) is 23.5 Å². The smallest absolute Gasteiger partial charge is 0.133 e. The molecule has 5 nitrogen and oxygen atoms in total. The lowest BCUT2D eigenvalue weighted by atomic mass is 10.0. The second kappa shape index (κ2) is 7.31. The van der Waals surface area contributed by atoms with E-state index in [4.69, 9.17) is 4.74 Å². The third-order valence-electron chi connectivity index (χ3n) is 4.65. The molecule has 1 aromatic rings. The van der Waals surface area contributed by atoms with Crippen molar-refractivity contribution in [1.82, 2.24) is 4.90 Å². The van der Waals surface area contributed by atoms with Gasteiger partial charge in [-0.1, -0.05) is 0 Å². The highest BCUT2D eigenvalue weighted by Crippen LogP contribution is 2.30. The van der Waals surface area contributed by atoms with E-state index in [1.165, 1.54) is 12.1 Å². The number of β-amino-alcohol motifs (C(OH)–C–C–N with tert-alkyl or cyclic N) is 2. The van der Waals surface area contributed by atoms with Gasteiger partial charge < -0.3 is 20.1 Å². The summed E-state index contributed by atoms with van der Waals surface area (Å²) in [6, 6.07) is 2.40. The molecule has 0 bridgehead atoms. The Morgan fingerprint density at radius 3 is 2.17 bits per heavy atom. The van der Waals surface area contributed by atoms with E-state index in [1.54, 1.807) is 4.90 Å². The van der Waals surface area contributed by atoms with E-state index in [9.17, 15) is 24.1 Å². The Bertz CT molecular complexity index is 547. The zero-order valence-corrected chi connectivity index (χ0v) is 13.4. The largest absolute Gasteiger partial charge is 0.493 e. The van der Waals surface area contributed by atoms with Crippen LogP contribution in [-0.2, 0) is 6.42 Å². The molecule has 2 aliphatic rings. The molecule has 1 aliphatic heterocycles. The number of hydrogen-bond donors (Lipinski definition) is 3. The summed E-state index contributed by atoms with van der Waals surface area (Å²) in [7, 11) is 0. The minimum atomic E-state index is -1.18. The summed E-state index contributed by atoms with van der Waals surface area (Å²) in [6.45, 7) is 1.08. The van der Waals surface area contributed by atoms with Gasteiger partial charge >= 0.3 is 0 Å². The lowest BCUT2D eigenvalue weighted by molar-refractivity contribution is -0.109. The highest BCUT2D eigenvalue weighted by atomic mass is 19.1. The van der Waals surface area contributed by atoms with Crippen LogP contribution in [0.3, 0.4) is 0 Å². The minimum absolute atomic E-state index is 0.0381. The number of benzene rings is 1. The van der Waals surface area contributed by atoms with Gasteiger partial charge in [0.05, 0.1) is 18.8 Å². The Morgan fingerprint density at radius 2 is 1.62 bits per heavy atom. The number of rotatable bonds is 6. The van der Waals surface area contributed by atoms with Crippen LogP contribution in [0, 0.1) is 17.6 Å². The minimum Gasteiger partial charge on any atom is -0.493 e. The molecular weight excluding hydrogens is 320 g/mol. The fourth-order valence-electron chi connectivity index (χ4n) is 2.93. The van der Waals surface area contributed by atoms with E-state index < -0.39 is 29.9 Å². The van der Waals surface area contributed by atoms with Crippen molar-refractivity contribution in [3.63, 3.8) is 0 Å². The predicted molar refractivity (Wildman–Crippen MR) is 82.7 cm³/mol. The van der Waals surface area contributed by atoms with Crippen LogP contribution in [0.1, 0.15) is 18.4 Å². The Hall–Kier alpha value is -1.28. The molecule has 1 aliphatic carbocycles. The Morgan fingerprint density at radius 1 is 1.04 bits per heavy atom. The van der Waals surface area contributed by atoms with Crippen molar-refractivity contribution in [3.05, 3.63) is 29.3 Å². The van der Waals surface area contributed by atoms with Gasteiger partial charge in [-0.05, 0) is 25.2 Å². The number of aliphatic hydroxyl groups excluding tert-OH is 3. The van der Waals surface area contributed by atoms with Crippen molar-refractivity contribution in [2.75, 3.05) is 26.2 Å². The first-order valence-electron chi connectivity index (χ1n) is 8.31. The van der Waals surface area contributed by atoms with Gasteiger partial charge in [0.15, 0.2) is 0 Å². The zero-order chi connectivity index (χ0) is 17.3. The molecule has 1 saturated carbocycles. The Labute approximate surface area is 139 Å². The van der Waals surface area contributed by atoms with Gasteiger partial charge in [-0.15, -0.1) is 0 Å². The highest BCUT2D eigenvalue weighted by molar-refractivity contribution is 5.31. The maximum absolute atomic E-state index is 14.1. The fourth-order valence-corrected chi connectivity index (χ4v) is 2.93. The first kappa shape index (κ1) is 17.5. The maximum Gasteiger partial charge on any atom is 0.133 e. The van der Waals surface area contributed by atoms with Gasteiger partial charge in [0.25, 0.3) is 0 Å². The second-order valence-electron chi connectivity index (χ2n) is 6.75. The molecule has 24 heavy (non-hydrogen) atoms. The van der Waals surface area contributed by atoms with Crippen molar-refractivity contribution >= 4 is 0 Å². The van der Waals surface area contributed by atoms with Gasteiger partial charge in [-0.2, -0.15) is 0 Å². The summed E-state index contributed by atoms with van der Waals surface area (Å²) in [4.78, 5) is 1.68. The fraction of sp³-hybridized carbons (Fsp3) is 0.647. The molecule has 1 saturated heterocycles. The first-order chi connectivity index (χ1) is 11.4. The average Bonchev–Trinajstić information content (AvgIpc) is 3.34. The van der Waals surface area contributed by atoms with E-state index in [0.717, 1.165) is 12.8 Å². The molecule has 0 amide bonds. The number of piperidine rings is 1. The van der Waals surface area contributed by atoms with Gasteiger partial charge in [-0.25, -0.2) is 8.78 Å². The monoisotopic (exact) mass is 343 g/mol. The zero-order valence-electron chi connectivity index (χ0n) is 13.4. The van der Waals surface area contributed by atoms with Gasteiger partial charge in [0, 0.05) is 37.3 Å². The standard InChI is InChI=1S/C17H23F2NO4/c18-13-5-11(24-9-10-1-2-10)6-14(19)12(13)3-4-20-7-15(21)17(23)16(22)8-20/h5-6,10,15-17,21-23H,1-4,7-9H2. The van der Waals surface area contributed by atoms with Crippen LogP contribution in [-0.4, -0.2) is 64.8 Å². The highest BCUT2D eigenvalue weighted by Gasteiger charge is 2.33. The molecule has 0 radical (unpaired) electrons. The molecule has 134 valence electrons. The topological polar surface area (TPSA) is 73.2 Å². The van der Waals surface area contributed by atoms with Crippen molar-refractivity contribution < 1.29 is 28.8 Å².